The smallest absolute Gasteiger partial charge is 0.128 e. The summed E-state index contributed by atoms with van der Waals surface area (Å²) in [5.41, 5.74) is 7.41. The van der Waals surface area contributed by atoms with Gasteiger partial charge in [0.1, 0.15) is 5.84 Å². The van der Waals surface area contributed by atoms with Crippen LogP contribution in [-0.2, 0) is 21.7 Å². The van der Waals surface area contributed by atoms with E-state index in [-0.39, 0.29) is 60.8 Å². The molecule has 1 atom stereocenters. The maximum Gasteiger partial charge on any atom is 0.128 e. The molecule has 2 aromatic heterocycles. The Bertz CT molecular complexity index is 1380. The highest BCUT2D eigenvalue weighted by Crippen LogP contribution is 2.31. The Morgan fingerprint density at radius 2 is 1.06 bits per heavy atom. The van der Waals surface area contributed by atoms with Crippen LogP contribution in [0.2, 0.25) is 0 Å². The Morgan fingerprint density at radius 3 is 1.40 bits per heavy atom. The average Bonchev–Trinajstić information content (AvgIpc) is 3.51. The van der Waals surface area contributed by atoms with E-state index < -0.39 is 0 Å². The van der Waals surface area contributed by atoms with Crippen molar-refractivity contribution < 1.29 is 0 Å². The summed E-state index contributed by atoms with van der Waals surface area (Å²) in [7, 11) is 0. The molecule has 4 nitrogen and oxygen atoms in total. The van der Waals surface area contributed by atoms with Crippen LogP contribution in [-0.4, -0.2) is 28.1 Å². The average molecular weight is 649 g/mol. The van der Waals surface area contributed by atoms with Crippen LogP contribution in [0.15, 0.2) is 52.6 Å². The van der Waals surface area contributed by atoms with Crippen LogP contribution in [0.3, 0.4) is 0 Å². The van der Waals surface area contributed by atoms with Gasteiger partial charge < -0.3 is 4.98 Å². The highest BCUT2D eigenvalue weighted by molar-refractivity contribution is 5.99. The predicted octanol–water partition coefficient (Wildman–Crippen LogP) is 13.3. The van der Waals surface area contributed by atoms with Gasteiger partial charge >= 0.3 is 0 Å². The van der Waals surface area contributed by atoms with Crippen molar-refractivity contribution in [3.63, 3.8) is 0 Å². The normalized spacial score (nSPS) is 15.2. The van der Waals surface area contributed by atoms with Gasteiger partial charge in [-0.15, -0.1) is 0 Å². The first-order valence-electron chi connectivity index (χ1n) is 16.3. The molecule has 0 saturated carbocycles. The number of rotatable bonds is 0. The number of H-pyrrole nitrogens is 1. The van der Waals surface area contributed by atoms with E-state index in [2.05, 4.69) is 181 Å². The molecule has 0 spiro atoms. The molecule has 1 N–H and O–H groups in total. The van der Waals surface area contributed by atoms with E-state index >= 15 is 0 Å². The van der Waals surface area contributed by atoms with E-state index in [1.165, 1.54) is 27.7 Å². The molecule has 0 fully saturated rings. The number of benzene rings is 1. The molecule has 1 aliphatic rings. The van der Waals surface area contributed by atoms with E-state index in [0.29, 0.717) is 0 Å². The summed E-state index contributed by atoms with van der Waals surface area (Å²) in [5.74, 6) is 0.979. The van der Waals surface area contributed by atoms with Gasteiger partial charge in [0.05, 0.1) is 6.04 Å². The quantitative estimate of drug-likeness (QED) is 0.259. The Labute approximate surface area is 292 Å². The van der Waals surface area contributed by atoms with Crippen molar-refractivity contribution in [2.45, 2.75) is 175 Å². The zero-order valence-corrected chi connectivity index (χ0v) is 31.5. The van der Waals surface area contributed by atoms with Gasteiger partial charge in [0.15, 0.2) is 0 Å². The summed E-state index contributed by atoms with van der Waals surface area (Å²) in [6.07, 6.45) is 3.97. The third-order valence-electron chi connectivity index (χ3n) is 7.85. The van der Waals surface area contributed by atoms with E-state index in [1.54, 1.807) is 0 Å². The first kappa shape index (κ1) is 46.4. The highest BCUT2D eigenvalue weighted by atomic mass is 15.0. The van der Waals surface area contributed by atoms with Gasteiger partial charge in [-0.05, 0) is 57.0 Å². The van der Waals surface area contributed by atoms with Crippen molar-refractivity contribution in [1.82, 2.24) is 9.97 Å². The number of hydrogen-bond donors (Lipinski definition) is 1. The number of aromatic nitrogens is 2. The van der Waals surface area contributed by atoms with Crippen LogP contribution in [0, 0.1) is 10.8 Å². The summed E-state index contributed by atoms with van der Waals surface area (Å²) in [5, 5.41) is 1.32. The number of aliphatic imine (C=N–C) groups is 2. The van der Waals surface area contributed by atoms with Crippen LogP contribution in [0.4, 0.5) is 0 Å². The second-order valence-corrected chi connectivity index (χ2v) is 18.7. The molecule has 268 valence electrons. The fourth-order valence-electron chi connectivity index (χ4n) is 4.43. The number of hydrogen-bond acceptors (Lipinski definition) is 3. The topological polar surface area (TPSA) is 53.4 Å². The van der Waals surface area contributed by atoms with Crippen molar-refractivity contribution in [2.75, 3.05) is 0 Å². The maximum absolute atomic E-state index is 4.62. The summed E-state index contributed by atoms with van der Waals surface area (Å²) in [6.45, 7) is 39.7. The second-order valence-electron chi connectivity index (χ2n) is 18.7. The van der Waals surface area contributed by atoms with E-state index in [9.17, 15) is 0 Å². The van der Waals surface area contributed by atoms with E-state index in [0.717, 1.165) is 11.5 Å². The molecule has 4 heteroatoms. The first-order chi connectivity index (χ1) is 19.6. The number of pyridine rings is 1. The van der Waals surface area contributed by atoms with Crippen LogP contribution in [0.1, 0.15) is 169 Å². The minimum atomic E-state index is 0. The number of nitrogens with zero attached hydrogens (tertiary/aromatic N) is 3. The predicted molar refractivity (Wildman–Crippen MR) is 216 cm³/mol. The lowest BCUT2D eigenvalue weighted by atomic mass is 9.86. The fraction of sp³-hybridized carbons (Fsp3) is 0.651. The van der Waals surface area contributed by atoms with Crippen LogP contribution in [0.5, 0.6) is 0 Å². The molecule has 1 unspecified atom stereocenters. The minimum absolute atomic E-state index is 0. The van der Waals surface area contributed by atoms with Gasteiger partial charge in [-0.1, -0.05) is 159 Å². The van der Waals surface area contributed by atoms with Gasteiger partial charge in [0, 0.05) is 45.6 Å². The highest BCUT2D eigenvalue weighted by Gasteiger charge is 2.30. The third-order valence-corrected chi connectivity index (χ3v) is 7.85. The van der Waals surface area contributed by atoms with Crippen molar-refractivity contribution in [3.8, 4) is 0 Å². The van der Waals surface area contributed by atoms with E-state index in [4.69, 9.17) is 0 Å². The third kappa shape index (κ3) is 13.7. The first-order valence-corrected chi connectivity index (χ1v) is 16.3. The van der Waals surface area contributed by atoms with Gasteiger partial charge in [0.2, 0.25) is 0 Å². The van der Waals surface area contributed by atoms with Gasteiger partial charge in [-0.3, -0.25) is 9.98 Å². The molecule has 0 bridgehead atoms. The molecule has 0 saturated heterocycles. The van der Waals surface area contributed by atoms with Gasteiger partial charge in [-0.25, -0.2) is 4.99 Å². The molecule has 1 aromatic carbocycles. The molecule has 0 radical (unpaired) electrons. The van der Waals surface area contributed by atoms with Crippen LogP contribution in [0.25, 0.3) is 10.9 Å². The van der Waals surface area contributed by atoms with Gasteiger partial charge in [-0.2, -0.15) is 0 Å². The minimum Gasteiger partial charge on any atom is -0.358 e. The van der Waals surface area contributed by atoms with Crippen LogP contribution < -0.4 is 0 Å². The largest absolute Gasteiger partial charge is 0.358 e. The van der Waals surface area contributed by atoms with Crippen molar-refractivity contribution in [1.29, 1.82) is 0 Å². The Morgan fingerprint density at radius 1 is 0.553 bits per heavy atom. The Kier molecular flexibility index (Phi) is 15.9. The zero-order valence-electron chi connectivity index (χ0n) is 31.5. The number of aromatic amines is 1. The van der Waals surface area contributed by atoms with Crippen molar-refractivity contribution >= 4 is 23.0 Å². The second kappa shape index (κ2) is 16.1. The lowest BCUT2D eigenvalue weighted by Crippen LogP contribution is -2.25. The maximum atomic E-state index is 4.62. The lowest BCUT2D eigenvalue weighted by molar-refractivity contribution is 0.389. The summed E-state index contributed by atoms with van der Waals surface area (Å²) >= 11 is 0. The summed E-state index contributed by atoms with van der Waals surface area (Å²) < 4.78 is 0. The number of amidine groups is 1. The molecule has 0 amide bonds. The fourth-order valence-corrected chi connectivity index (χ4v) is 4.43. The molecular formula is C43H76N4. The SMILES string of the molecule is C.C.C.CC(C)(C)C1=NC(C(C)(C)C)C=N1.CC(C)(C)c1ccc(C(C)(C)C)nc1.CC(C)(C)c1ccc2[nH]c(C(C)(C)C)cc2c1. The molecule has 4 rings (SSSR count). The Hall–Kier alpha value is -2.75. The Balaban J connectivity index is 0. The number of nitrogens with one attached hydrogen (secondary N) is 1. The molecular weight excluding hydrogens is 573 g/mol. The summed E-state index contributed by atoms with van der Waals surface area (Å²) in [4.78, 5) is 17.0. The van der Waals surface area contributed by atoms with Crippen molar-refractivity contribution in [3.05, 3.63) is 65.1 Å². The zero-order chi connectivity index (χ0) is 34.1. The molecule has 0 aliphatic carbocycles. The molecule has 3 aromatic rings. The molecule has 1 aliphatic heterocycles. The van der Waals surface area contributed by atoms with E-state index in [1.807, 2.05) is 12.4 Å². The standard InChI is InChI=1S/C16H23N.C13H21N.C11H20N2.3CH4/c1-15(2,3)12-7-8-13-11(9-12)10-14(17-13)16(4,5)6;1-12(2,3)10-7-8-11(14-9-10)13(4,5)6;1-10(2,3)8-7-12-9(13-8)11(4,5)6;;;/h7-10,17H,1-6H3;7-9H,1-6H3;7-8H,1-6H3;3*1H4. The van der Waals surface area contributed by atoms with Crippen LogP contribution >= 0.6 is 0 Å². The van der Waals surface area contributed by atoms with Gasteiger partial charge in [0.25, 0.3) is 0 Å². The lowest BCUT2D eigenvalue weighted by Gasteiger charge is -2.22. The summed E-state index contributed by atoms with van der Waals surface area (Å²) in [6, 6.07) is 13.6. The number of fused-ring (bicyclic) bond motifs is 1. The molecule has 47 heavy (non-hydrogen) atoms. The monoisotopic (exact) mass is 649 g/mol. The molecule has 3 heterocycles. The van der Waals surface area contributed by atoms with Crippen molar-refractivity contribution in [2.24, 2.45) is 20.8 Å².